The first-order chi connectivity index (χ1) is 11.8. The lowest BCUT2D eigenvalue weighted by Crippen LogP contribution is -2.25. The molecule has 0 saturated carbocycles. The van der Waals surface area contributed by atoms with E-state index >= 15 is 0 Å². The lowest BCUT2D eigenvalue weighted by Gasteiger charge is -2.23. The molecule has 0 aromatic heterocycles. The van der Waals surface area contributed by atoms with Crippen LogP contribution in [0.4, 0.5) is 5.69 Å². The van der Waals surface area contributed by atoms with Crippen molar-refractivity contribution in [1.82, 2.24) is 0 Å². The molecule has 3 rings (SSSR count). The maximum absolute atomic E-state index is 13.0. The van der Waals surface area contributed by atoms with Crippen molar-refractivity contribution in [3.8, 4) is 0 Å². The van der Waals surface area contributed by atoms with Crippen molar-refractivity contribution in [1.29, 1.82) is 0 Å². The quantitative estimate of drug-likeness (QED) is 0.604. The summed E-state index contributed by atoms with van der Waals surface area (Å²) in [6.45, 7) is 1.70. The third kappa shape index (κ3) is 3.02. The maximum Gasteiger partial charge on any atom is 0.308 e. The number of hydrogen-bond donors (Lipinski definition) is 2. The van der Waals surface area contributed by atoms with E-state index < -0.39 is 11.9 Å². The smallest absolute Gasteiger partial charge is 0.308 e. The molecular formula is C18H13Br2NO4. The molecule has 1 unspecified atom stereocenters. The number of ketones is 2. The lowest BCUT2D eigenvalue weighted by molar-refractivity contribution is -0.140. The summed E-state index contributed by atoms with van der Waals surface area (Å²) in [4.78, 5) is 36.9. The lowest BCUT2D eigenvalue weighted by atomic mass is 9.83. The highest BCUT2D eigenvalue weighted by molar-refractivity contribution is 9.11. The molecule has 1 atom stereocenters. The number of halogens is 2. The average molecular weight is 467 g/mol. The molecule has 0 bridgehead atoms. The largest absolute Gasteiger partial charge is 0.481 e. The Morgan fingerprint density at radius 1 is 1.08 bits per heavy atom. The van der Waals surface area contributed by atoms with Crippen LogP contribution in [0.5, 0.6) is 0 Å². The Bertz CT molecular complexity index is 924. The van der Waals surface area contributed by atoms with Gasteiger partial charge in [0.2, 0.25) is 0 Å². The molecule has 0 saturated heterocycles. The van der Waals surface area contributed by atoms with Gasteiger partial charge < -0.3 is 10.4 Å². The Labute approximate surface area is 160 Å². The highest BCUT2D eigenvalue weighted by Crippen LogP contribution is 2.40. The van der Waals surface area contributed by atoms with Crippen molar-refractivity contribution >= 4 is 55.1 Å². The first-order valence-corrected chi connectivity index (χ1v) is 9.08. The van der Waals surface area contributed by atoms with Crippen LogP contribution in [-0.4, -0.2) is 29.2 Å². The van der Waals surface area contributed by atoms with Gasteiger partial charge in [-0.3, -0.25) is 14.4 Å². The Morgan fingerprint density at radius 2 is 1.64 bits per heavy atom. The predicted molar refractivity (Wildman–Crippen MR) is 100 cm³/mol. The van der Waals surface area contributed by atoms with E-state index in [0.717, 1.165) is 0 Å². The van der Waals surface area contributed by atoms with E-state index in [4.69, 9.17) is 5.11 Å². The summed E-state index contributed by atoms with van der Waals surface area (Å²) >= 11 is 6.76. The van der Waals surface area contributed by atoms with Crippen molar-refractivity contribution in [2.24, 2.45) is 5.92 Å². The molecule has 2 aromatic rings. The first kappa shape index (κ1) is 17.8. The minimum absolute atomic E-state index is 0.130. The molecule has 128 valence electrons. The second kappa shape index (κ2) is 6.72. The minimum Gasteiger partial charge on any atom is -0.481 e. The van der Waals surface area contributed by atoms with Gasteiger partial charge in [0, 0.05) is 26.6 Å². The van der Waals surface area contributed by atoms with Crippen molar-refractivity contribution < 1.29 is 19.5 Å². The zero-order valence-corrected chi connectivity index (χ0v) is 16.3. The molecule has 5 nitrogen and oxygen atoms in total. The van der Waals surface area contributed by atoms with Crippen LogP contribution in [0.15, 0.2) is 39.3 Å². The molecule has 2 N–H and O–H groups in total. The van der Waals surface area contributed by atoms with Gasteiger partial charge >= 0.3 is 5.97 Å². The van der Waals surface area contributed by atoms with E-state index in [1.54, 1.807) is 37.3 Å². The van der Waals surface area contributed by atoms with Gasteiger partial charge in [0.05, 0.1) is 22.7 Å². The topological polar surface area (TPSA) is 83.5 Å². The molecule has 0 radical (unpaired) electrons. The summed E-state index contributed by atoms with van der Waals surface area (Å²) in [5.74, 6) is -2.09. The number of hydrogen-bond acceptors (Lipinski definition) is 4. The number of carboxylic acid groups (broad SMARTS) is 1. The second-order valence-corrected chi connectivity index (χ2v) is 7.50. The summed E-state index contributed by atoms with van der Waals surface area (Å²) in [5.41, 5.74) is 1.69. The normalized spacial score (nSPS) is 13.9. The van der Waals surface area contributed by atoms with E-state index in [1.165, 1.54) is 0 Å². The van der Waals surface area contributed by atoms with Crippen LogP contribution in [0, 0.1) is 5.92 Å². The third-order valence-electron chi connectivity index (χ3n) is 4.11. The van der Waals surface area contributed by atoms with E-state index in [9.17, 15) is 14.4 Å². The van der Waals surface area contributed by atoms with Crippen molar-refractivity contribution in [3.63, 3.8) is 0 Å². The fourth-order valence-corrected chi connectivity index (χ4v) is 4.21. The number of nitrogens with one attached hydrogen (secondary N) is 1. The summed E-state index contributed by atoms with van der Waals surface area (Å²) in [7, 11) is 0. The summed E-state index contributed by atoms with van der Waals surface area (Å²) in [6, 6.07) is 8.37. The van der Waals surface area contributed by atoms with Crippen molar-refractivity contribution in [2.75, 3.05) is 11.9 Å². The highest BCUT2D eigenvalue weighted by atomic mass is 79.9. The standard InChI is InChI=1S/C18H13Br2NO4/c1-8(18(24)25)7-21-15-12(20)6-11(19)13-14(15)17(23)10-5-3-2-4-9(10)16(13)22/h2-6,8,21H,7H2,1H3,(H,24,25). The zero-order chi connectivity index (χ0) is 18.3. The highest BCUT2D eigenvalue weighted by Gasteiger charge is 2.34. The predicted octanol–water partition coefficient (Wildman–Crippen LogP) is 4.12. The van der Waals surface area contributed by atoms with Crippen LogP contribution in [-0.2, 0) is 4.79 Å². The maximum atomic E-state index is 13.0. The van der Waals surface area contributed by atoms with Gasteiger partial charge in [0.1, 0.15) is 0 Å². The van der Waals surface area contributed by atoms with Crippen molar-refractivity contribution in [2.45, 2.75) is 6.92 Å². The number of carbonyl (C=O) groups excluding carboxylic acids is 2. The number of fused-ring (bicyclic) bond motifs is 2. The van der Waals surface area contributed by atoms with Gasteiger partial charge in [-0.15, -0.1) is 0 Å². The van der Waals surface area contributed by atoms with Gasteiger partial charge in [-0.05, 0) is 37.9 Å². The molecule has 0 spiro atoms. The molecule has 1 aliphatic rings. The molecule has 25 heavy (non-hydrogen) atoms. The van der Waals surface area contributed by atoms with Gasteiger partial charge in [-0.1, -0.05) is 31.2 Å². The van der Waals surface area contributed by atoms with Gasteiger partial charge in [0.25, 0.3) is 0 Å². The monoisotopic (exact) mass is 465 g/mol. The van der Waals surface area contributed by atoms with E-state index in [1.807, 2.05) is 0 Å². The van der Waals surface area contributed by atoms with Crippen LogP contribution in [0.25, 0.3) is 0 Å². The van der Waals surface area contributed by atoms with E-state index in [-0.39, 0.29) is 29.2 Å². The van der Waals surface area contributed by atoms with Crippen LogP contribution in [0.2, 0.25) is 0 Å². The van der Waals surface area contributed by atoms with Gasteiger partial charge in [-0.25, -0.2) is 0 Å². The summed E-state index contributed by atoms with van der Waals surface area (Å²) in [6.07, 6.45) is 0. The molecular weight excluding hydrogens is 454 g/mol. The number of carboxylic acids is 1. The SMILES string of the molecule is CC(CNc1c(Br)cc(Br)c2c1C(=O)c1ccccc1C2=O)C(=O)O. The van der Waals surface area contributed by atoms with Crippen LogP contribution < -0.4 is 5.32 Å². The third-order valence-corrected chi connectivity index (χ3v) is 5.36. The van der Waals surface area contributed by atoms with E-state index in [2.05, 4.69) is 37.2 Å². The average Bonchev–Trinajstić information content (AvgIpc) is 2.58. The molecule has 2 aromatic carbocycles. The zero-order valence-electron chi connectivity index (χ0n) is 13.1. The minimum atomic E-state index is -0.942. The van der Waals surface area contributed by atoms with Crippen LogP contribution in [0.3, 0.4) is 0 Å². The number of carbonyl (C=O) groups is 3. The van der Waals surface area contributed by atoms with Gasteiger partial charge in [0.15, 0.2) is 11.6 Å². The molecule has 0 amide bonds. The molecule has 0 aliphatic heterocycles. The molecule has 1 aliphatic carbocycles. The van der Waals surface area contributed by atoms with Crippen molar-refractivity contribution in [3.05, 3.63) is 61.5 Å². The first-order valence-electron chi connectivity index (χ1n) is 7.50. The molecule has 7 heteroatoms. The Morgan fingerprint density at radius 3 is 2.20 bits per heavy atom. The Kier molecular flexibility index (Phi) is 4.79. The Hall–Kier alpha value is -1.99. The van der Waals surface area contributed by atoms with Crippen LogP contribution >= 0.6 is 31.9 Å². The summed E-state index contributed by atoms with van der Waals surface area (Å²) in [5, 5.41) is 12.1. The number of aliphatic carboxylic acids is 1. The number of benzene rings is 2. The Balaban J connectivity index is 2.15. The molecule has 0 heterocycles. The summed E-state index contributed by atoms with van der Waals surface area (Å²) < 4.78 is 1.09. The number of rotatable bonds is 4. The molecule has 0 fully saturated rings. The van der Waals surface area contributed by atoms with Gasteiger partial charge in [-0.2, -0.15) is 0 Å². The number of anilines is 1. The van der Waals surface area contributed by atoms with E-state index in [0.29, 0.717) is 25.8 Å². The fourth-order valence-electron chi connectivity index (χ4n) is 2.73. The fraction of sp³-hybridized carbons (Fsp3) is 0.167. The second-order valence-electron chi connectivity index (χ2n) is 5.79. The van der Waals surface area contributed by atoms with Crippen LogP contribution in [0.1, 0.15) is 38.8 Å².